The van der Waals surface area contributed by atoms with Crippen molar-refractivity contribution in [3.63, 3.8) is 0 Å². The lowest BCUT2D eigenvalue weighted by molar-refractivity contribution is -0.137. The molecule has 4 nitrogen and oxygen atoms in total. The van der Waals surface area contributed by atoms with Gasteiger partial charge in [-0.1, -0.05) is 18.2 Å². The van der Waals surface area contributed by atoms with Crippen LogP contribution in [0.25, 0.3) is 21.9 Å². The van der Waals surface area contributed by atoms with E-state index in [1.54, 1.807) is 24.3 Å². The molecule has 1 fully saturated rings. The first kappa shape index (κ1) is 20.4. The first-order valence-corrected chi connectivity index (χ1v) is 9.80. The van der Waals surface area contributed by atoms with Gasteiger partial charge in [0.1, 0.15) is 0 Å². The second kappa shape index (κ2) is 8.08. The van der Waals surface area contributed by atoms with Gasteiger partial charge in [-0.25, -0.2) is 0 Å². The maximum Gasteiger partial charge on any atom is 0.416 e. The van der Waals surface area contributed by atoms with Crippen molar-refractivity contribution in [2.45, 2.75) is 25.2 Å². The van der Waals surface area contributed by atoms with Gasteiger partial charge in [-0.2, -0.15) is 13.2 Å². The predicted octanol–water partition coefficient (Wildman–Crippen LogP) is 4.08. The van der Waals surface area contributed by atoms with Crippen LogP contribution in [0.1, 0.15) is 27.9 Å². The summed E-state index contributed by atoms with van der Waals surface area (Å²) in [6.07, 6.45) is -3.53. The molecule has 0 radical (unpaired) electrons. The Bertz CT molecular complexity index is 1090. The molecule has 1 atom stereocenters. The molecule has 3 aromatic rings. The van der Waals surface area contributed by atoms with Gasteiger partial charge in [-0.3, -0.25) is 4.79 Å². The molecule has 0 bridgehead atoms. The maximum absolute atomic E-state index is 13.2. The third-order valence-electron chi connectivity index (χ3n) is 5.39. The van der Waals surface area contributed by atoms with E-state index in [0.717, 1.165) is 42.4 Å². The van der Waals surface area contributed by atoms with Crippen LogP contribution < -0.4 is 16.4 Å². The largest absolute Gasteiger partial charge is 0.416 e. The number of rotatable bonds is 4. The van der Waals surface area contributed by atoms with Crippen LogP contribution in [0.3, 0.4) is 0 Å². The molecular formula is C23H22F3N3O. The van der Waals surface area contributed by atoms with Crippen LogP contribution in [-0.4, -0.2) is 25.0 Å². The summed E-state index contributed by atoms with van der Waals surface area (Å²) in [5.74, 6) is -0.125. The van der Waals surface area contributed by atoms with Crippen LogP contribution in [0.4, 0.5) is 13.2 Å². The number of carbonyl (C=O) groups is 1. The molecule has 7 heteroatoms. The Hall–Kier alpha value is -2.90. The zero-order valence-corrected chi connectivity index (χ0v) is 16.2. The van der Waals surface area contributed by atoms with Gasteiger partial charge in [-0.05, 0) is 76.8 Å². The summed E-state index contributed by atoms with van der Waals surface area (Å²) in [4.78, 5) is 12.5. The van der Waals surface area contributed by atoms with Crippen LogP contribution in [0, 0.1) is 0 Å². The third-order valence-corrected chi connectivity index (χ3v) is 5.39. The monoisotopic (exact) mass is 413 g/mol. The first-order valence-electron chi connectivity index (χ1n) is 9.80. The molecule has 156 valence electrons. The minimum atomic E-state index is -4.44. The highest BCUT2D eigenvalue weighted by Crippen LogP contribution is 2.34. The molecule has 3 aromatic carbocycles. The summed E-state index contributed by atoms with van der Waals surface area (Å²) in [5, 5.41) is 7.91. The molecule has 1 aliphatic rings. The molecule has 0 aromatic heterocycles. The van der Waals surface area contributed by atoms with E-state index < -0.39 is 11.7 Å². The van der Waals surface area contributed by atoms with E-state index in [1.807, 2.05) is 18.2 Å². The average molecular weight is 413 g/mol. The molecule has 30 heavy (non-hydrogen) atoms. The van der Waals surface area contributed by atoms with E-state index in [-0.39, 0.29) is 18.5 Å². The van der Waals surface area contributed by atoms with Crippen LogP contribution >= 0.6 is 0 Å². The SMILES string of the molecule is NCc1cc(-c2ccc3cc(C(=O)N[C@@H]4CCNC4)ccc3c2)cc(C(F)(F)F)c1. The normalized spacial score (nSPS) is 16.7. The predicted molar refractivity (Wildman–Crippen MR) is 111 cm³/mol. The molecule has 1 saturated heterocycles. The number of nitrogens with one attached hydrogen (secondary N) is 2. The number of alkyl halides is 3. The minimum absolute atomic E-state index is 0.0273. The first-order chi connectivity index (χ1) is 14.3. The van der Waals surface area contributed by atoms with E-state index >= 15 is 0 Å². The van der Waals surface area contributed by atoms with E-state index in [9.17, 15) is 18.0 Å². The fraction of sp³-hybridized carbons (Fsp3) is 0.261. The zero-order chi connectivity index (χ0) is 21.3. The van der Waals surface area contributed by atoms with E-state index in [4.69, 9.17) is 5.73 Å². The molecule has 4 N–H and O–H groups in total. The van der Waals surface area contributed by atoms with Gasteiger partial charge in [-0.15, -0.1) is 0 Å². The number of halogens is 3. The number of hydrogen-bond acceptors (Lipinski definition) is 3. The molecule has 1 amide bonds. The Morgan fingerprint density at radius 1 is 1.03 bits per heavy atom. The number of nitrogens with two attached hydrogens (primary N) is 1. The van der Waals surface area contributed by atoms with E-state index in [0.29, 0.717) is 22.3 Å². The van der Waals surface area contributed by atoms with Gasteiger partial charge >= 0.3 is 6.18 Å². The Kier molecular flexibility index (Phi) is 5.49. The molecule has 0 aliphatic carbocycles. The smallest absolute Gasteiger partial charge is 0.348 e. The summed E-state index contributed by atoms with van der Waals surface area (Å²) in [7, 11) is 0. The molecule has 1 heterocycles. The Labute approximate surface area is 172 Å². The Morgan fingerprint density at radius 3 is 2.50 bits per heavy atom. The molecule has 1 aliphatic heterocycles. The van der Waals surface area contributed by atoms with Crippen molar-refractivity contribution in [1.29, 1.82) is 0 Å². The highest BCUT2D eigenvalue weighted by atomic mass is 19.4. The van der Waals surface area contributed by atoms with Gasteiger partial charge in [0, 0.05) is 24.7 Å². The van der Waals surface area contributed by atoms with Crippen LogP contribution in [0.2, 0.25) is 0 Å². The summed E-state index contributed by atoms with van der Waals surface area (Å²) in [5.41, 5.74) is 6.99. The zero-order valence-electron chi connectivity index (χ0n) is 16.2. The minimum Gasteiger partial charge on any atom is -0.348 e. The third kappa shape index (κ3) is 4.32. The lowest BCUT2D eigenvalue weighted by Crippen LogP contribution is -2.36. The molecule has 0 unspecified atom stereocenters. The Balaban J connectivity index is 1.65. The highest BCUT2D eigenvalue weighted by Gasteiger charge is 2.31. The Morgan fingerprint density at radius 2 is 1.80 bits per heavy atom. The molecule has 4 rings (SSSR count). The van der Waals surface area contributed by atoms with Crippen molar-refractivity contribution >= 4 is 16.7 Å². The average Bonchev–Trinajstić information content (AvgIpc) is 3.25. The van der Waals surface area contributed by atoms with E-state index in [1.165, 1.54) is 0 Å². The standard InChI is InChI=1S/C23H22F3N3O/c24-23(25,26)20-8-14(12-27)7-19(11-20)17-2-1-16-10-18(4-3-15(16)9-17)22(30)29-21-5-6-28-13-21/h1-4,7-11,21,28H,5-6,12-13,27H2,(H,29,30)/t21-/m1/s1. The quantitative estimate of drug-likeness (QED) is 0.604. The van der Waals surface area contributed by atoms with Crippen molar-refractivity contribution in [1.82, 2.24) is 10.6 Å². The molecular weight excluding hydrogens is 391 g/mol. The highest BCUT2D eigenvalue weighted by molar-refractivity contribution is 5.99. The topological polar surface area (TPSA) is 67.2 Å². The lowest BCUT2D eigenvalue weighted by Gasteiger charge is -2.13. The van der Waals surface area contributed by atoms with Crippen molar-refractivity contribution in [3.8, 4) is 11.1 Å². The second-order valence-electron chi connectivity index (χ2n) is 7.56. The van der Waals surface area contributed by atoms with Crippen LogP contribution in [0.15, 0.2) is 54.6 Å². The fourth-order valence-electron chi connectivity index (χ4n) is 3.75. The van der Waals surface area contributed by atoms with Crippen molar-refractivity contribution in [2.75, 3.05) is 13.1 Å². The summed E-state index contributed by atoms with van der Waals surface area (Å²) in [6.45, 7) is 1.69. The fourth-order valence-corrected chi connectivity index (χ4v) is 3.75. The lowest BCUT2D eigenvalue weighted by atomic mass is 9.96. The van der Waals surface area contributed by atoms with Crippen LogP contribution in [-0.2, 0) is 12.7 Å². The summed E-state index contributed by atoms with van der Waals surface area (Å²) < 4.78 is 39.7. The van der Waals surface area contributed by atoms with E-state index in [2.05, 4.69) is 10.6 Å². The van der Waals surface area contributed by atoms with Gasteiger partial charge in [0.15, 0.2) is 0 Å². The second-order valence-corrected chi connectivity index (χ2v) is 7.56. The molecule has 0 spiro atoms. The van der Waals surface area contributed by atoms with Crippen molar-refractivity contribution in [3.05, 3.63) is 71.3 Å². The number of hydrogen-bond donors (Lipinski definition) is 3. The maximum atomic E-state index is 13.2. The van der Waals surface area contributed by atoms with Gasteiger partial charge in [0.2, 0.25) is 0 Å². The van der Waals surface area contributed by atoms with Crippen LogP contribution in [0.5, 0.6) is 0 Å². The van der Waals surface area contributed by atoms with Gasteiger partial charge < -0.3 is 16.4 Å². The van der Waals surface area contributed by atoms with Gasteiger partial charge in [0.05, 0.1) is 5.56 Å². The number of carbonyl (C=O) groups excluding carboxylic acids is 1. The van der Waals surface area contributed by atoms with Crippen molar-refractivity contribution in [2.24, 2.45) is 5.73 Å². The summed E-state index contributed by atoms with van der Waals surface area (Å²) >= 11 is 0. The summed E-state index contributed by atoms with van der Waals surface area (Å²) in [6, 6.07) is 14.8. The van der Waals surface area contributed by atoms with Crippen molar-refractivity contribution < 1.29 is 18.0 Å². The molecule has 0 saturated carbocycles. The number of benzene rings is 3. The number of amides is 1. The van der Waals surface area contributed by atoms with Gasteiger partial charge in [0.25, 0.3) is 5.91 Å². The number of fused-ring (bicyclic) bond motifs is 1.